The van der Waals surface area contributed by atoms with Gasteiger partial charge in [-0.15, -0.1) is 0 Å². The average Bonchev–Trinajstić information content (AvgIpc) is 2.83. The third kappa shape index (κ3) is 3.67. The number of nitrogens with zero attached hydrogens (tertiary/aromatic N) is 2. The monoisotopic (exact) mass is 235 g/mol. The van der Waals surface area contributed by atoms with Crippen molar-refractivity contribution in [2.45, 2.75) is 11.7 Å². The van der Waals surface area contributed by atoms with Crippen LogP contribution >= 0.6 is 11.8 Å². The van der Waals surface area contributed by atoms with Crippen molar-refractivity contribution >= 4 is 11.8 Å². The van der Waals surface area contributed by atoms with Gasteiger partial charge in [0.15, 0.2) is 5.16 Å². The second-order valence-electron chi connectivity index (χ2n) is 3.19. The molecular weight excluding hydrogens is 222 g/mol. The Labute approximate surface area is 98.5 Å². The predicted molar refractivity (Wildman–Crippen MR) is 63.2 cm³/mol. The smallest absolute Gasteiger partial charge is 0.187 e. The summed E-state index contributed by atoms with van der Waals surface area (Å²) in [4.78, 5) is 8.27. The van der Waals surface area contributed by atoms with Crippen molar-refractivity contribution in [2.24, 2.45) is 0 Å². The van der Waals surface area contributed by atoms with Crippen LogP contribution in [-0.4, -0.2) is 22.3 Å². The van der Waals surface area contributed by atoms with Crippen LogP contribution in [0.15, 0.2) is 46.6 Å². The Morgan fingerprint density at radius 2 is 2.19 bits per heavy atom. The van der Waals surface area contributed by atoms with E-state index in [9.17, 15) is 0 Å². The summed E-state index contributed by atoms with van der Waals surface area (Å²) in [6.45, 7) is 1.76. The SMILES string of the molecule is c1cnc(SCCNCc2ccoc2)nc1. The van der Waals surface area contributed by atoms with Crippen LogP contribution in [0.25, 0.3) is 0 Å². The van der Waals surface area contributed by atoms with Crippen molar-refractivity contribution in [3.63, 3.8) is 0 Å². The maximum Gasteiger partial charge on any atom is 0.187 e. The Bertz CT molecular complexity index is 391. The van der Waals surface area contributed by atoms with Crippen LogP contribution < -0.4 is 5.32 Å². The van der Waals surface area contributed by atoms with Gasteiger partial charge in [-0.2, -0.15) is 0 Å². The summed E-state index contributed by atoms with van der Waals surface area (Å²) in [5, 5.41) is 4.15. The average molecular weight is 235 g/mol. The molecule has 0 saturated carbocycles. The van der Waals surface area contributed by atoms with Crippen molar-refractivity contribution in [1.82, 2.24) is 15.3 Å². The minimum Gasteiger partial charge on any atom is -0.472 e. The summed E-state index contributed by atoms with van der Waals surface area (Å²) in [6.07, 6.45) is 6.95. The lowest BCUT2D eigenvalue weighted by molar-refractivity contribution is 0.561. The van der Waals surface area contributed by atoms with Gasteiger partial charge in [0.2, 0.25) is 0 Å². The van der Waals surface area contributed by atoms with E-state index in [0.717, 1.165) is 24.0 Å². The van der Waals surface area contributed by atoms with Crippen molar-refractivity contribution in [1.29, 1.82) is 0 Å². The van der Waals surface area contributed by atoms with Gasteiger partial charge >= 0.3 is 0 Å². The molecule has 2 heterocycles. The first-order valence-electron chi connectivity index (χ1n) is 5.07. The van der Waals surface area contributed by atoms with Crippen LogP contribution in [0.2, 0.25) is 0 Å². The number of hydrogen-bond donors (Lipinski definition) is 1. The molecule has 1 N–H and O–H groups in total. The standard InChI is InChI=1S/C11H13N3OS/c1-3-13-11(14-4-1)16-7-5-12-8-10-2-6-15-9-10/h1-4,6,9,12H,5,7-8H2. The highest BCUT2D eigenvalue weighted by atomic mass is 32.2. The van der Waals surface area contributed by atoms with Crippen molar-refractivity contribution < 1.29 is 4.42 Å². The molecule has 0 aliphatic heterocycles. The lowest BCUT2D eigenvalue weighted by atomic mass is 10.3. The lowest BCUT2D eigenvalue weighted by Crippen LogP contribution is -2.16. The topological polar surface area (TPSA) is 51.0 Å². The summed E-state index contributed by atoms with van der Waals surface area (Å²) < 4.78 is 4.98. The van der Waals surface area contributed by atoms with E-state index in [0.29, 0.717) is 0 Å². The molecule has 0 fully saturated rings. The van der Waals surface area contributed by atoms with E-state index < -0.39 is 0 Å². The molecule has 0 spiro atoms. The highest BCUT2D eigenvalue weighted by Crippen LogP contribution is 2.09. The van der Waals surface area contributed by atoms with Crippen LogP contribution in [0.5, 0.6) is 0 Å². The highest BCUT2D eigenvalue weighted by molar-refractivity contribution is 7.99. The van der Waals surface area contributed by atoms with E-state index in [1.165, 1.54) is 5.56 Å². The number of nitrogens with one attached hydrogen (secondary N) is 1. The molecule has 0 amide bonds. The molecule has 0 unspecified atom stereocenters. The minimum absolute atomic E-state index is 0.826. The summed E-state index contributed by atoms with van der Waals surface area (Å²) in [5.41, 5.74) is 1.17. The number of thioether (sulfide) groups is 1. The summed E-state index contributed by atoms with van der Waals surface area (Å²) >= 11 is 1.65. The fourth-order valence-electron chi connectivity index (χ4n) is 1.20. The number of hydrogen-bond acceptors (Lipinski definition) is 5. The second-order valence-corrected chi connectivity index (χ2v) is 4.25. The fraction of sp³-hybridized carbons (Fsp3) is 0.273. The van der Waals surface area contributed by atoms with Gasteiger partial charge in [-0.1, -0.05) is 11.8 Å². The third-order valence-corrected chi connectivity index (χ3v) is 2.84. The molecule has 2 rings (SSSR count). The first-order chi connectivity index (χ1) is 7.95. The molecule has 0 aromatic carbocycles. The van der Waals surface area contributed by atoms with Crippen LogP contribution in [0.1, 0.15) is 5.56 Å². The fourth-order valence-corrected chi connectivity index (χ4v) is 1.90. The highest BCUT2D eigenvalue weighted by Gasteiger charge is 1.96. The predicted octanol–water partition coefficient (Wildman–Crippen LogP) is 1.95. The number of aromatic nitrogens is 2. The van der Waals surface area contributed by atoms with E-state index >= 15 is 0 Å². The zero-order chi connectivity index (χ0) is 11.1. The van der Waals surface area contributed by atoms with Gasteiger partial charge in [0.25, 0.3) is 0 Å². The Morgan fingerprint density at radius 1 is 1.31 bits per heavy atom. The van der Waals surface area contributed by atoms with E-state index in [-0.39, 0.29) is 0 Å². The maximum atomic E-state index is 4.98. The summed E-state index contributed by atoms with van der Waals surface area (Å²) in [5.74, 6) is 0.960. The number of rotatable bonds is 6. The molecule has 5 heteroatoms. The Morgan fingerprint density at radius 3 is 2.94 bits per heavy atom. The molecule has 2 aromatic rings. The molecule has 0 radical (unpaired) electrons. The van der Waals surface area contributed by atoms with E-state index in [1.807, 2.05) is 12.1 Å². The first-order valence-corrected chi connectivity index (χ1v) is 6.05. The normalized spacial score (nSPS) is 10.5. The Hall–Kier alpha value is -1.33. The quantitative estimate of drug-likeness (QED) is 0.471. The van der Waals surface area contributed by atoms with Gasteiger partial charge in [-0.3, -0.25) is 0 Å². The van der Waals surface area contributed by atoms with Crippen molar-refractivity contribution in [2.75, 3.05) is 12.3 Å². The molecule has 0 saturated heterocycles. The zero-order valence-electron chi connectivity index (χ0n) is 8.80. The zero-order valence-corrected chi connectivity index (χ0v) is 9.61. The van der Waals surface area contributed by atoms with Crippen molar-refractivity contribution in [3.8, 4) is 0 Å². The van der Waals surface area contributed by atoms with Gasteiger partial charge < -0.3 is 9.73 Å². The van der Waals surface area contributed by atoms with Crippen LogP contribution in [0.3, 0.4) is 0 Å². The van der Waals surface area contributed by atoms with Crippen LogP contribution in [0, 0.1) is 0 Å². The van der Waals surface area contributed by atoms with Crippen molar-refractivity contribution in [3.05, 3.63) is 42.6 Å². The lowest BCUT2D eigenvalue weighted by Gasteiger charge is -2.01. The Balaban J connectivity index is 1.59. The van der Waals surface area contributed by atoms with E-state index in [2.05, 4.69) is 15.3 Å². The molecule has 16 heavy (non-hydrogen) atoms. The van der Waals surface area contributed by atoms with Gasteiger partial charge in [-0.05, 0) is 12.1 Å². The molecule has 0 atom stereocenters. The molecule has 84 valence electrons. The number of furan rings is 1. The second kappa shape index (κ2) is 6.30. The first kappa shape index (κ1) is 11.2. The molecule has 4 nitrogen and oxygen atoms in total. The summed E-state index contributed by atoms with van der Waals surface area (Å²) in [6, 6.07) is 3.78. The molecular formula is C11H13N3OS. The van der Waals surface area contributed by atoms with E-state index in [1.54, 1.807) is 36.7 Å². The van der Waals surface area contributed by atoms with Gasteiger partial charge in [0, 0.05) is 36.8 Å². The summed E-state index contributed by atoms with van der Waals surface area (Å²) in [7, 11) is 0. The van der Waals surface area contributed by atoms with Gasteiger partial charge in [0.1, 0.15) is 0 Å². The molecule has 0 bridgehead atoms. The van der Waals surface area contributed by atoms with Crippen LogP contribution in [-0.2, 0) is 6.54 Å². The minimum atomic E-state index is 0.826. The molecule has 2 aromatic heterocycles. The molecule has 0 aliphatic rings. The molecule has 0 aliphatic carbocycles. The third-order valence-electron chi connectivity index (χ3n) is 1.96. The Kier molecular flexibility index (Phi) is 4.39. The van der Waals surface area contributed by atoms with Gasteiger partial charge in [-0.25, -0.2) is 9.97 Å². The van der Waals surface area contributed by atoms with Crippen LogP contribution in [0.4, 0.5) is 0 Å². The largest absolute Gasteiger partial charge is 0.472 e. The van der Waals surface area contributed by atoms with Gasteiger partial charge in [0.05, 0.1) is 12.5 Å². The maximum absolute atomic E-state index is 4.98. The van der Waals surface area contributed by atoms with E-state index in [4.69, 9.17) is 4.42 Å².